The highest BCUT2D eigenvalue weighted by atomic mass is 32.1. The maximum absolute atomic E-state index is 10.1. The number of phenols is 1. The van der Waals surface area contributed by atoms with E-state index >= 15 is 0 Å². The number of nitrogens with zero attached hydrogens (tertiary/aromatic N) is 1. The summed E-state index contributed by atoms with van der Waals surface area (Å²) in [4.78, 5) is 0. The van der Waals surface area contributed by atoms with Gasteiger partial charge in [0.15, 0.2) is 16.6 Å². The molecule has 2 rings (SSSR count). The molecule has 6 heteroatoms. The third-order valence-electron chi connectivity index (χ3n) is 3.17. The van der Waals surface area contributed by atoms with E-state index < -0.39 is 0 Å². The summed E-state index contributed by atoms with van der Waals surface area (Å²) in [5.41, 5.74) is 5.12. The third-order valence-corrected chi connectivity index (χ3v) is 3.37. The molecule has 0 radical (unpaired) electrons. The van der Waals surface area contributed by atoms with Gasteiger partial charge >= 0.3 is 0 Å². The molecular formula is C18H19N3O2S. The average Bonchev–Trinajstić information content (AvgIpc) is 2.58. The number of hydrogen-bond donors (Lipinski definition) is 3. The summed E-state index contributed by atoms with van der Waals surface area (Å²) in [6.45, 7) is 3.68. The van der Waals surface area contributed by atoms with Gasteiger partial charge in [0.25, 0.3) is 0 Å². The van der Waals surface area contributed by atoms with Gasteiger partial charge in [-0.15, -0.1) is 6.58 Å². The summed E-state index contributed by atoms with van der Waals surface area (Å²) in [5.74, 6) is 0.504. The lowest BCUT2D eigenvalue weighted by Gasteiger charge is -2.09. The maximum atomic E-state index is 10.1. The predicted octanol–water partition coefficient (Wildman–Crippen LogP) is 3.45. The molecule has 0 saturated heterocycles. The molecule has 0 unspecified atom stereocenters. The second-order valence-corrected chi connectivity index (χ2v) is 5.32. The molecule has 0 bridgehead atoms. The van der Waals surface area contributed by atoms with E-state index in [9.17, 15) is 5.11 Å². The van der Waals surface area contributed by atoms with Gasteiger partial charge in [0.2, 0.25) is 0 Å². The Kier molecular flexibility index (Phi) is 6.33. The summed E-state index contributed by atoms with van der Waals surface area (Å²) in [6.07, 6.45) is 3.85. The lowest BCUT2D eigenvalue weighted by atomic mass is 10.1. The van der Waals surface area contributed by atoms with Crippen molar-refractivity contribution in [3.05, 3.63) is 66.2 Å². The Morgan fingerprint density at radius 2 is 2.08 bits per heavy atom. The van der Waals surface area contributed by atoms with Crippen LogP contribution in [-0.4, -0.2) is 23.5 Å². The number of aromatic hydroxyl groups is 1. The number of phenolic OH excluding ortho intramolecular Hbond substituents is 1. The number of ether oxygens (including phenoxy) is 1. The normalized spacial score (nSPS) is 10.4. The molecule has 0 aliphatic rings. The van der Waals surface area contributed by atoms with Gasteiger partial charge in [-0.2, -0.15) is 5.10 Å². The minimum Gasteiger partial charge on any atom is -0.504 e. The van der Waals surface area contributed by atoms with Crippen molar-refractivity contribution in [2.75, 3.05) is 12.4 Å². The first kappa shape index (κ1) is 17.5. The number of anilines is 1. The topological polar surface area (TPSA) is 65.9 Å². The number of rotatable bonds is 6. The van der Waals surface area contributed by atoms with E-state index in [-0.39, 0.29) is 5.75 Å². The Hall–Kier alpha value is -2.86. The van der Waals surface area contributed by atoms with E-state index in [0.29, 0.717) is 17.3 Å². The molecule has 2 aromatic carbocycles. The lowest BCUT2D eigenvalue weighted by molar-refractivity contribution is 0.371. The fraction of sp³-hybridized carbons (Fsp3) is 0.111. The Labute approximate surface area is 146 Å². The first-order valence-electron chi connectivity index (χ1n) is 7.30. The van der Waals surface area contributed by atoms with Crippen LogP contribution in [0.2, 0.25) is 0 Å². The number of methoxy groups -OCH3 is 1. The largest absolute Gasteiger partial charge is 0.504 e. The Morgan fingerprint density at radius 1 is 1.33 bits per heavy atom. The highest BCUT2D eigenvalue weighted by Gasteiger charge is 2.08. The molecule has 0 aromatic heterocycles. The fourth-order valence-corrected chi connectivity index (χ4v) is 2.25. The molecule has 0 aliphatic carbocycles. The van der Waals surface area contributed by atoms with Crippen LogP contribution in [-0.2, 0) is 6.42 Å². The third kappa shape index (κ3) is 4.82. The highest BCUT2D eigenvalue weighted by Crippen LogP contribution is 2.31. The van der Waals surface area contributed by atoms with E-state index in [1.165, 1.54) is 7.11 Å². The van der Waals surface area contributed by atoms with E-state index in [1.807, 2.05) is 36.4 Å². The zero-order valence-corrected chi connectivity index (χ0v) is 14.1. The number of allylic oxidation sites excluding steroid dienone is 1. The Morgan fingerprint density at radius 3 is 2.75 bits per heavy atom. The summed E-state index contributed by atoms with van der Waals surface area (Å²) in [5, 5.41) is 17.6. The first-order valence-corrected chi connectivity index (χ1v) is 7.70. The van der Waals surface area contributed by atoms with Crippen LogP contribution in [0.4, 0.5) is 5.69 Å². The number of nitrogens with one attached hydrogen (secondary N) is 2. The summed E-state index contributed by atoms with van der Waals surface area (Å²) < 4.78 is 5.17. The molecule has 0 saturated carbocycles. The van der Waals surface area contributed by atoms with Crippen LogP contribution < -0.4 is 15.5 Å². The average molecular weight is 341 g/mol. The van der Waals surface area contributed by atoms with Gasteiger partial charge in [0.05, 0.1) is 13.3 Å². The molecular weight excluding hydrogens is 322 g/mol. The van der Waals surface area contributed by atoms with E-state index in [1.54, 1.807) is 18.4 Å². The molecule has 124 valence electrons. The molecule has 2 aromatic rings. The van der Waals surface area contributed by atoms with Crippen LogP contribution in [0.15, 0.2) is 60.2 Å². The molecule has 0 atom stereocenters. The van der Waals surface area contributed by atoms with Crippen molar-refractivity contribution in [2.45, 2.75) is 6.42 Å². The van der Waals surface area contributed by atoms with Crippen LogP contribution >= 0.6 is 12.2 Å². The van der Waals surface area contributed by atoms with Crippen molar-refractivity contribution in [3.63, 3.8) is 0 Å². The van der Waals surface area contributed by atoms with Gasteiger partial charge < -0.3 is 15.2 Å². The van der Waals surface area contributed by atoms with Crippen molar-refractivity contribution in [1.82, 2.24) is 5.43 Å². The molecule has 0 spiro atoms. The molecule has 0 aliphatic heterocycles. The van der Waals surface area contributed by atoms with Crippen molar-refractivity contribution >= 4 is 29.2 Å². The van der Waals surface area contributed by atoms with Gasteiger partial charge in [-0.3, -0.25) is 5.43 Å². The summed E-state index contributed by atoms with van der Waals surface area (Å²) >= 11 is 5.17. The van der Waals surface area contributed by atoms with Gasteiger partial charge in [-0.1, -0.05) is 24.3 Å². The van der Waals surface area contributed by atoms with Crippen molar-refractivity contribution in [3.8, 4) is 11.5 Å². The van der Waals surface area contributed by atoms with Crippen LogP contribution in [0.5, 0.6) is 11.5 Å². The van der Waals surface area contributed by atoms with Crippen molar-refractivity contribution in [1.29, 1.82) is 0 Å². The molecule has 0 amide bonds. The minimum absolute atomic E-state index is 0.115. The Balaban J connectivity index is 2.04. The van der Waals surface area contributed by atoms with Crippen molar-refractivity contribution in [2.24, 2.45) is 5.10 Å². The van der Waals surface area contributed by atoms with Gasteiger partial charge in [0, 0.05) is 11.3 Å². The van der Waals surface area contributed by atoms with Gasteiger partial charge in [0.1, 0.15) is 0 Å². The number of benzene rings is 2. The minimum atomic E-state index is 0.115. The predicted molar refractivity (Wildman–Crippen MR) is 102 cm³/mol. The lowest BCUT2D eigenvalue weighted by Crippen LogP contribution is -2.23. The van der Waals surface area contributed by atoms with E-state index in [2.05, 4.69) is 22.4 Å². The van der Waals surface area contributed by atoms with Crippen LogP contribution in [0.3, 0.4) is 0 Å². The van der Waals surface area contributed by atoms with E-state index in [4.69, 9.17) is 17.0 Å². The second-order valence-electron chi connectivity index (χ2n) is 4.91. The quantitative estimate of drug-likeness (QED) is 0.325. The molecule has 0 fully saturated rings. The number of hydrazone groups is 1. The van der Waals surface area contributed by atoms with Crippen LogP contribution in [0, 0.1) is 0 Å². The van der Waals surface area contributed by atoms with Crippen molar-refractivity contribution < 1.29 is 9.84 Å². The smallest absolute Gasteiger partial charge is 0.191 e. The molecule has 0 heterocycles. The summed E-state index contributed by atoms with van der Waals surface area (Å²) in [6, 6.07) is 13.1. The zero-order valence-electron chi connectivity index (χ0n) is 13.3. The second kappa shape index (κ2) is 8.69. The SMILES string of the molecule is C=CCc1cc(/C=N/NC(=S)Nc2ccccc2)cc(OC)c1O. The van der Waals surface area contributed by atoms with E-state index in [0.717, 1.165) is 16.8 Å². The highest BCUT2D eigenvalue weighted by molar-refractivity contribution is 7.80. The number of para-hydroxylation sites is 1. The number of hydrogen-bond acceptors (Lipinski definition) is 4. The zero-order chi connectivity index (χ0) is 17.4. The molecule has 5 nitrogen and oxygen atoms in total. The standard InChI is InChI=1S/C18H19N3O2S/c1-3-7-14-10-13(11-16(23-2)17(14)22)12-19-21-18(24)20-15-8-5-4-6-9-15/h3-6,8-12,22H,1,7H2,2H3,(H2,20,21,24)/b19-12+. The maximum Gasteiger partial charge on any atom is 0.191 e. The number of thiocarbonyl (C=S) groups is 1. The molecule has 24 heavy (non-hydrogen) atoms. The summed E-state index contributed by atoms with van der Waals surface area (Å²) in [7, 11) is 1.50. The Bertz CT molecular complexity index is 745. The van der Waals surface area contributed by atoms with Gasteiger partial charge in [-0.05, 0) is 48.5 Å². The monoisotopic (exact) mass is 341 g/mol. The van der Waals surface area contributed by atoms with Gasteiger partial charge in [-0.25, -0.2) is 0 Å². The van der Waals surface area contributed by atoms with Crippen LogP contribution in [0.1, 0.15) is 11.1 Å². The fourth-order valence-electron chi connectivity index (χ4n) is 2.08. The van der Waals surface area contributed by atoms with Crippen LogP contribution in [0.25, 0.3) is 0 Å². The first-order chi connectivity index (χ1) is 11.6. The molecule has 3 N–H and O–H groups in total.